The predicted molar refractivity (Wildman–Crippen MR) is 59.3 cm³/mol. The molecule has 4 nitrogen and oxygen atoms in total. The number of hydrogen-bond donors (Lipinski definition) is 0. The van der Waals surface area contributed by atoms with Gasteiger partial charge in [-0.25, -0.2) is 4.98 Å². The van der Waals surface area contributed by atoms with Crippen molar-refractivity contribution in [1.29, 1.82) is 0 Å². The molecule has 1 atom stereocenters. The Morgan fingerprint density at radius 1 is 1.73 bits per heavy atom. The molecule has 0 aliphatic carbocycles. The first-order chi connectivity index (χ1) is 7.20. The van der Waals surface area contributed by atoms with Gasteiger partial charge in [-0.05, 0) is 6.92 Å². The number of thioether (sulfide) groups is 1. The van der Waals surface area contributed by atoms with E-state index in [1.54, 1.807) is 18.0 Å². The summed E-state index contributed by atoms with van der Waals surface area (Å²) >= 11 is 1.76. The van der Waals surface area contributed by atoms with Crippen LogP contribution in [0.15, 0.2) is 6.20 Å². The van der Waals surface area contributed by atoms with Crippen molar-refractivity contribution >= 4 is 17.5 Å². The second-order valence-corrected chi connectivity index (χ2v) is 4.70. The minimum absolute atomic E-state index is 0.0466. The number of nitrogens with zero attached hydrogens (tertiary/aromatic N) is 2. The van der Waals surface area contributed by atoms with Gasteiger partial charge < -0.3 is 9.30 Å². The van der Waals surface area contributed by atoms with Crippen molar-refractivity contribution in [3.05, 3.63) is 17.7 Å². The zero-order chi connectivity index (χ0) is 10.8. The molecule has 1 saturated heterocycles. The summed E-state index contributed by atoms with van der Waals surface area (Å²) in [4.78, 5) is 16.1. The van der Waals surface area contributed by atoms with E-state index >= 15 is 0 Å². The lowest BCUT2D eigenvalue weighted by Crippen LogP contribution is -2.32. The quantitative estimate of drug-likeness (QED) is 0.707. The third kappa shape index (κ3) is 2.08. The van der Waals surface area contributed by atoms with Crippen molar-refractivity contribution in [2.75, 3.05) is 18.1 Å². The summed E-state index contributed by atoms with van der Waals surface area (Å²) in [6.07, 6.45) is 1.33. The van der Waals surface area contributed by atoms with Crippen LogP contribution in [0.5, 0.6) is 0 Å². The van der Waals surface area contributed by atoms with Crippen LogP contribution in [-0.2, 0) is 11.8 Å². The van der Waals surface area contributed by atoms with Crippen molar-refractivity contribution < 1.29 is 9.53 Å². The average Bonchev–Trinajstić information content (AvgIpc) is 2.60. The lowest BCUT2D eigenvalue weighted by atomic mass is 10.2. The van der Waals surface area contributed by atoms with Gasteiger partial charge in [0.05, 0.1) is 12.8 Å². The SMILES string of the molecule is Cc1ncc(C(=O)C2CSCCO2)n1C. The molecule has 1 fully saturated rings. The first-order valence-corrected chi connectivity index (χ1v) is 6.07. The van der Waals surface area contributed by atoms with Gasteiger partial charge in [0.2, 0.25) is 5.78 Å². The van der Waals surface area contributed by atoms with E-state index in [2.05, 4.69) is 4.98 Å². The van der Waals surface area contributed by atoms with Crippen LogP contribution < -0.4 is 0 Å². The maximum absolute atomic E-state index is 12.0. The number of rotatable bonds is 2. The fourth-order valence-electron chi connectivity index (χ4n) is 1.54. The molecule has 2 heterocycles. The number of imidazole rings is 1. The van der Waals surface area contributed by atoms with Crippen LogP contribution in [0, 0.1) is 6.92 Å². The molecule has 0 N–H and O–H groups in total. The Balaban J connectivity index is 2.16. The van der Waals surface area contributed by atoms with Crippen molar-refractivity contribution in [2.45, 2.75) is 13.0 Å². The van der Waals surface area contributed by atoms with E-state index < -0.39 is 0 Å². The van der Waals surface area contributed by atoms with Gasteiger partial charge in [0.15, 0.2) is 0 Å². The Morgan fingerprint density at radius 2 is 2.53 bits per heavy atom. The molecular formula is C10H14N2O2S. The summed E-state index contributed by atoms with van der Waals surface area (Å²) in [5.41, 5.74) is 0.639. The van der Waals surface area contributed by atoms with Crippen molar-refractivity contribution in [2.24, 2.45) is 7.05 Å². The summed E-state index contributed by atoms with van der Waals surface area (Å²) in [5.74, 6) is 2.63. The van der Waals surface area contributed by atoms with Gasteiger partial charge in [-0.1, -0.05) is 0 Å². The van der Waals surface area contributed by atoms with E-state index in [4.69, 9.17) is 4.74 Å². The zero-order valence-corrected chi connectivity index (χ0v) is 9.71. The lowest BCUT2D eigenvalue weighted by Gasteiger charge is -2.20. The molecule has 1 aromatic heterocycles. The molecule has 1 unspecified atom stereocenters. The minimum Gasteiger partial charge on any atom is -0.368 e. The summed E-state index contributed by atoms with van der Waals surface area (Å²) in [5, 5.41) is 0. The van der Waals surface area contributed by atoms with E-state index in [1.165, 1.54) is 0 Å². The van der Waals surface area contributed by atoms with Gasteiger partial charge in [0.1, 0.15) is 17.6 Å². The number of carbonyl (C=O) groups is 1. The third-order valence-electron chi connectivity index (χ3n) is 2.58. The molecule has 1 aromatic rings. The number of ketones is 1. The molecule has 1 aliphatic heterocycles. The number of ether oxygens (including phenoxy) is 1. The van der Waals surface area contributed by atoms with Crippen LogP contribution in [0.25, 0.3) is 0 Å². The summed E-state index contributed by atoms with van der Waals surface area (Å²) in [6.45, 7) is 2.55. The topological polar surface area (TPSA) is 44.1 Å². The van der Waals surface area contributed by atoms with Gasteiger partial charge in [0, 0.05) is 18.6 Å². The summed E-state index contributed by atoms with van der Waals surface area (Å²) < 4.78 is 7.26. The van der Waals surface area contributed by atoms with Gasteiger partial charge in [0.25, 0.3) is 0 Å². The molecule has 0 bridgehead atoms. The average molecular weight is 226 g/mol. The smallest absolute Gasteiger partial charge is 0.210 e. The number of hydrogen-bond acceptors (Lipinski definition) is 4. The normalized spacial score (nSPS) is 21.6. The van der Waals surface area contributed by atoms with Gasteiger partial charge in [-0.15, -0.1) is 0 Å². The highest BCUT2D eigenvalue weighted by atomic mass is 32.2. The minimum atomic E-state index is -0.293. The fourth-order valence-corrected chi connectivity index (χ4v) is 2.38. The first-order valence-electron chi connectivity index (χ1n) is 4.92. The van der Waals surface area contributed by atoms with Crippen LogP contribution in [-0.4, -0.2) is 39.6 Å². The molecule has 82 valence electrons. The van der Waals surface area contributed by atoms with Crippen LogP contribution in [0.1, 0.15) is 16.3 Å². The number of aromatic nitrogens is 2. The van der Waals surface area contributed by atoms with E-state index in [0.717, 1.165) is 17.3 Å². The Kier molecular flexibility index (Phi) is 3.11. The monoisotopic (exact) mass is 226 g/mol. The maximum atomic E-state index is 12.0. The molecule has 0 aromatic carbocycles. The van der Waals surface area contributed by atoms with Gasteiger partial charge in [-0.3, -0.25) is 4.79 Å². The highest BCUT2D eigenvalue weighted by Crippen LogP contribution is 2.17. The maximum Gasteiger partial charge on any atom is 0.210 e. The molecule has 0 saturated carbocycles. The van der Waals surface area contributed by atoms with Crippen molar-refractivity contribution in [1.82, 2.24) is 9.55 Å². The van der Waals surface area contributed by atoms with Crippen LogP contribution in [0.3, 0.4) is 0 Å². The zero-order valence-electron chi connectivity index (χ0n) is 8.90. The molecule has 0 amide bonds. The van der Waals surface area contributed by atoms with E-state index in [9.17, 15) is 4.79 Å². The molecule has 2 rings (SSSR count). The van der Waals surface area contributed by atoms with Crippen molar-refractivity contribution in [3.63, 3.8) is 0 Å². The van der Waals surface area contributed by atoms with E-state index in [0.29, 0.717) is 12.3 Å². The second-order valence-electron chi connectivity index (χ2n) is 3.55. The Bertz CT molecular complexity index is 369. The van der Waals surface area contributed by atoms with Crippen molar-refractivity contribution in [3.8, 4) is 0 Å². The standard InChI is InChI=1S/C10H14N2O2S/c1-7-11-5-8(12(7)2)10(13)9-6-15-4-3-14-9/h5,9H,3-4,6H2,1-2H3. The Morgan fingerprint density at radius 3 is 3.07 bits per heavy atom. The second kappa shape index (κ2) is 4.37. The Labute approximate surface area is 93.0 Å². The van der Waals surface area contributed by atoms with Crippen LogP contribution >= 0.6 is 11.8 Å². The highest BCUT2D eigenvalue weighted by molar-refractivity contribution is 7.99. The van der Waals surface area contributed by atoms with E-state index in [-0.39, 0.29) is 11.9 Å². The summed E-state index contributed by atoms with van der Waals surface area (Å²) in [7, 11) is 1.85. The summed E-state index contributed by atoms with van der Waals surface area (Å²) in [6, 6.07) is 0. The molecular weight excluding hydrogens is 212 g/mol. The molecule has 0 radical (unpaired) electrons. The van der Waals surface area contributed by atoms with Gasteiger partial charge >= 0.3 is 0 Å². The number of Topliss-reactive ketones (excluding diaryl/α,β-unsaturated/α-hetero) is 1. The fraction of sp³-hybridized carbons (Fsp3) is 0.600. The molecule has 0 spiro atoms. The number of carbonyl (C=O) groups excluding carboxylic acids is 1. The van der Waals surface area contributed by atoms with Gasteiger partial charge in [-0.2, -0.15) is 11.8 Å². The van der Waals surface area contributed by atoms with Crippen LogP contribution in [0.4, 0.5) is 0 Å². The van der Waals surface area contributed by atoms with Crippen LogP contribution in [0.2, 0.25) is 0 Å². The highest BCUT2D eigenvalue weighted by Gasteiger charge is 2.25. The molecule has 15 heavy (non-hydrogen) atoms. The molecule has 5 heteroatoms. The number of aryl methyl sites for hydroxylation is 1. The Hall–Kier alpha value is -0.810. The lowest BCUT2D eigenvalue weighted by molar-refractivity contribution is 0.0511. The first kappa shape index (κ1) is 10.7. The predicted octanol–water partition coefficient (Wildman–Crippen LogP) is 1.04. The third-order valence-corrected chi connectivity index (χ3v) is 3.58. The van der Waals surface area contributed by atoms with E-state index in [1.807, 2.05) is 18.5 Å². The molecule has 1 aliphatic rings. The largest absolute Gasteiger partial charge is 0.368 e.